The number of aryl methyl sites for hydroxylation is 2. The van der Waals surface area contributed by atoms with Crippen molar-refractivity contribution in [2.24, 2.45) is 0 Å². The molecule has 0 N–H and O–H groups in total. The summed E-state index contributed by atoms with van der Waals surface area (Å²) in [5.74, 6) is 1.37. The number of amides is 1. The Balaban J connectivity index is 1.59. The van der Waals surface area contributed by atoms with Crippen LogP contribution in [0.2, 0.25) is 0 Å². The van der Waals surface area contributed by atoms with Crippen molar-refractivity contribution in [3.8, 4) is 0 Å². The molecule has 0 aromatic carbocycles. The smallest absolute Gasteiger partial charge is 0.264 e. The summed E-state index contributed by atoms with van der Waals surface area (Å²) in [5, 5.41) is 7.97. The number of carbonyl (C=O) groups excluding carboxylic acids is 1. The third-order valence-corrected chi connectivity index (χ3v) is 4.99. The summed E-state index contributed by atoms with van der Waals surface area (Å²) >= 11 is 1.56. The number of hydrogen-bond donors (Lipinski definition) is 0. The van der Waals surface area contributed by atoms with Crippen LogP contribution >= 0.6 is 11.3 Å². The summed E-state index contributed by atoms with van der Waals surface area (Å²) in [4.78, 5) is 18.6. The van der Waals surface area contributed by atoms with Crippen LogP contribution in [0.3, 0.4) is 0 Å². The highest BCUT2D eigenvalue weighted by Gasteiger charge is 2.28. The fourth-order valence-corrected chi connectivity index (χ4v) is 3.49. The van der Waals surface area contributed by atoms with Gasteiger partial charge in [-0.15, -0.1) is 21.5 Å². The van der Waals surface area contributed by atoms with Crippen molar-refractivity contribution in [3.05, 3.63) is 33.7 Å². The summed E-state index contributed by atoms with van der Waals surface area (Å²) in [7, 11) is 0. The average molecular weight is 320 g/mol. The third-order valence-electron chi connectivity index (χ3n) is 4.00. The predicted octanol–water partition coefficient (Wildman–Crippen LogP) is 2.27. The zero-order valence-electron chi connectivity index (χ0n) is 13.1. The molecule has 0 spiro atoms. The van der Waals surface area contributed by atoms with Gasteiger partial charge in [0.25, 0.3) is 5.91 Å². The summed E-state index contributed by atoms with van der Waals surface area (Å²) in [6, 6.07) is 3.99. The van der Waals surface area contributed by atoms with Crippen LogP contribution in [0.15, 0.2) is 16.5 Å². The first-order valence-corrected chi connectivity index (χ1v) is 8.26. The van der Waals surface area contributed by atoms with Crippen LogP contribution in [0.25, 0.3) is 0 Å². The van der Waals surface area contributed by atoms with Crippen molar-refractivity contribution in [1.29, 1.82) is 0 Å². The van der Waals surface area contributed by atoms with Crippen LogP contribution < -0.4 is 0 Å². The zero-order valence-corrected chi connectivity index (χ0v) is 13.9. The fraction of sp³-hybridized carbons (Fsp3) is 0.533. The van der Waals surface area contributed by atoms with Crippen molar-refractivity contribution in [2.45, 2.75) is 26.8 Å². The molecule has 22 heavy (non-hydrogen) atoms. The molecule has 6 nitrogen and oxygen atoms in total. The maximum atomic E-state index is 12.4. The molecular weight excluding hydrogens is 300 g/mol. The molecule has 1 saturated heterocycles. The highest BCUT2D eigenvalue weighted by Crippen LogP contribution is 2.22. The SMILES string of the molecule is Cc1nnc([C@H](C)N2CCN(C(=O)c3ccc(C)s3)CC2)o1. The maximum Gasteiger partial charge on any atom is 0.264 e. The molecule has 0 radical (unpaired) electrons. The summed E-state index contributed by atoms with van der Waals surface area (Å²) < 4.78 is 5.50. The number of carbonyl (C=O) groups is 1. The van der Waals surface area contributed by atoms with E-state index in [1.54, 1.807) is 18.3 Å². The number of piperazine rings is 1. The highest BCUT2D eigenvalue weighted by atomic mass is 32.1. The molecular formula is C15H20N4O2S. The molecule has 118 valence electrons. The molecule has 3 heterocycles. The Morgan fingerprint density at radius 1 is 1.23 bits per heavy atom. The largest absolute Gasteiger partial charge is 0.424 e. The first-order valence-electron chi connectivity index (χ1n) is 7.44. The third kappa shape index (κ3) is 3.05. The van der Waals surface area contributed by atoms with E-state index in [9.17, 15) is 4.79 Å². The van der Waals surface area contributed by atoms with Gasteiger partial charge in [-0.05, 0) is 26.0 Å². The molecule has 0 aliphatic carbocycles. The van der Waals surface area contributed by atoms with E-state index >= 15 is 0 Å². The molecule has 1 aliphatic heterocycles. The number of hydrogen-bond acceptors (Lipinski definition) is 6. The van der Waals surface area contributed by atoms with Gasteiger partial charge in [-0.2, -0.15) is 0 Å². The fourth-order valence-electron chi connectivity index (χ4n) is 2.65. The molecule has 1 fully saturated rings. The van der Waals surface area contributed by atoms with Gasteiger partial charge in [0.05, 0.1) is 10.9 Å². The first kappa shape index (κ1) is 15.2. The average Bonchev–Trinajstić information content (AvgIpc) is 3.14. The van der Waals surface area contributed by atoms with Crippen LogP contribution in [0.5, 0.6) is 0 Å². The standard InChI is InChI=1S/C15H20N4O2S/c1-10-4-5-13(22-10)15(20)19-8-6-18(7-9-19)11(2)14-17-16-12(3)21-14/h4-5,11H,6-9H2,1-3H3/t11-/m0/s1. The Labute approximate surface area is 133 Å². The molecule has 0 bridgehead atoms. The van der Waals surface area contributed by atoms with E-state index < -0.39 is 0 Å². The van der Waals surface area contributed by atoms with Crippen LogP contribution in [-0.4, -0.2) is 52.1 Å². The predicted molar refractivity (Wildman–Crippen MR) is 84.0 cm³/mol. The Kier molecular flexibility index (Phi) is 4.26. The Hall–Kier alpha value is -1.73. The molecule has 1 aliphatic rings. The number of thiophene rings is 1. The Bertz CT molecular complexity index is 658. The summed E-state index contributed by atoms with van der Waals surface area (Å²) in [5.41, 5.74) is 0. The number of rotatable bonds is 3. The zero-order chi connectivity index (χ0) is 15.7. The number of nitrogens with zero attached hydrogens (tertiary/aromatic N) is 4. The molecule has 1 amide bonds. The van der Waals surface area contributed by atoms with Crippen molar-refractivity contribution in [2.75, 3.05) is 26.2 Å². The Morgan fingerprint density at radius 3 is 2.50 bits per heavy atom. The minimum atomic E-state index is 0.0856. The van der Waals surface area contributed by atoms with E-state index in [0.717, 1.165) is 31.1 Å². The first-order chi connectivity index (χ1) is 10.5. The van der Waals surface area contributed by atoms with Gasteiger partial charge in [-0.1, -0.05) is 0 Å². The number of aromatic nitrogens is 2. The van der Waals surface area contributed by atoms with E-state index in [-0.39, 0.29) is 11.9 Å². The van der Waals surface area contributed by atoms with Gasteiger partial charge in [0.1, 0.15) is 0 Å². The van der Waals surface area contributed by atoms with Gasteiger partial charge in [0.2, 0.25) is 11.8 Å². The lowest BCUT2D eigenvalue weighted by Crippen LogP contribution is -2.49. The lowest BCUT2D eigenvalue weighted by atomic mass is 10.2. The maximum absolute atomic E-state index is 12.4. The molecule has 1 atom stereocenters. The van der Waals surface area contributed by atoms with E-state index in [1.165, 1.54) is 4.88 Å². The second kappa shape index (κ2) is 6.18. The van der Waals surface area contributed by atoms with E-state index in [0.29, 0.717) is 11.8 Å². The van der Waals surface area contributed by atoms with E-state index in [1.807, 2.05) is 24.0 Å². The second-order valence-electron chi connectivity index (χ2n) is 5.57. The van der Waals surface area contributed by atoms with Gasteiger partial charge in [0, 0.05) is 38.0 Å². The quantitative estimate of drug-likeness (QED) is 0.868. The van der Waals surface area contributed by atoms with Gasteiger partial charge in [0.15, 0.2) is 0 Å². The lowest BCUT2D eigenvalue weighted by molar-refractivity contribution is 0.0562. The highest BCUT2D eigenvalue weighted by molar-refractivity contribution is 7.13. The van der Waals surface area contributed by atoms with Gasteiger partial charge < -0.3 is 9.32 Å². The van der Waals surface area contributed by atoms with Crippen LogP contribution in [0, 0.1) is 13.8 Å². The lowest BCUT2D eigenvalue weighted by Gasteiger charge is -2.36. The topological polar surface area (TPSA) is 62.5 Å². The van der Waals surface area contributed by atoms with E-state index in [4.69, 9.17) is 4.42 Å². The van der Waals surface area contributed by atoms with E-state index in [2.05, 4.69) is 22.0 Å². The van der Waals surface area contributed by atoms with Crippen LogP contribution in [-0.2, 0) is 0 Å². The summed E-state index contributed by atoms with van der Waals surface area (Å²) in [6.07, 6.45) is 0. The minimum Gasteiger partial charge on any atom is -0.424 e. The van der Waals surface area contributed by atoms with Gasteiger partial charge in [-0.3, -0.25) is 9.69 Å². The van der Waals surface area contributed by atoms with Gasteiger partial charge >= 0.3 is 0 Å². The van der Waals surface area contributed by atoms with Crippen molar-refractivity contribution in [3.63, 3.8) is 0 Å². The minimum absolute atomic E-state index is 0.0856. The monoisotopic (exact) mass is 320 g/mol. The van der Waals surface area contributed by atoms with Crippen molar-refractivity contribution >= 4 is 17.2 Å². The molecule has 2 aromatic rings. The summed E-state index contributed by atoms with van der Waals surface area (Å²) in [6.45, 7) is 8.97. The molecule has 0 saturated carbocycles. The molecule has 7 heteroatoms. The molecule has 3 rings (SSSR count). The molecule has 2 aromatic heterocycles. The Morgan fingerprint density at radius 2 is 1.95 bits per heavy atom. The van der Waals surface area contributed by atoms with Crippen molar-refractivity contribution < 1.29 is 9.21 Å². The molecule has 0 unspecified atom stereocenters. The van der Waals surface area contributed by atoms with Crippen LogP contribution in [0.1, 0.15) is 39.3 Å². The second-order valence-corrected chi connectivity index (χ2v) is 6.86. The van der Waals surface area contributed by atoms with Crippen molar-refractivity contribution in [1.82, 2.24) is 20.0 Å². The normalized spacial score (nSPS) is 17.7. The van der Waals surface area contributed by atoms with Gasteiger partial charge in [-0.25, -0.2) is 0 Å². The van der Waals surface area contributed by atoms with Crippen LogP contribution in [0.4, 0.5) is 0 Å².